The first-order valence-electron chi connectivity index (χ1n) is 5.57. The molecule has 0 radical (unpaired) electrons. The smallest absolute Gasteiger partial charge is 0.167 e. The van der Waals surface area contributed by atoms with Gasteiger partial charge < -0.3 is 10.5 Å². The minimum atomic E-state index is -0.688. The number of anilines is 1. The Morgan fingerprint density at radius 3 is 2.39 bits per heavy atom. The molecular formula is C14H13F2NO. The SMILES string of the molecule is Nc1ccc(CCOc2ccc(F)cc2F)cc1. The molecule has 2 aromatic rings. The van der Waals surface area contributed by atoms with Gasteiger partial charge in [-0.15, -0.1) is 0 Å². The molecule has 0 aliphatic carbocycles. The van der Waals surface area contributed by atoms with Crippen LogP contribution < -0.4 is 10.5 Å². The topological polar surface area (TPSA) is 35.2 Å². The molecule has 0 bridgehead atoms. The zero-order valence-corrected chi connectivity index (χ0v) is 9.70. The Kier molecular flexibility index (Phi) is 3.77. The lowest BCUT2D eigenvalue weighted by atomic mass is 10.1. The van der Waals surface area contributed by atoms with Gasteiger partial charge in [-0.05, 0) is 29.8 Å². The molecule has 18 heavy (non-hydrogen) atoms. The fourth-order valence-corrected chi connectivity index (χ4v) is 1.56. The molecule has 0 heterocycles. The van der Waals surface area contributed by atoms with Gasteiger partial charge >= 0.3 is 0 Å². The first-order valence-corrected chi connectivity index (χ1v) is 5.57. The number of hydrogen-bond acceptors (Lipinski definition) is 2. The lowest BCUT2D eigenvalue weighted by Gasteiger charge is -2.07. The third-order valence-corrected chi connectivity index (χ3v) is 2.52. The molecular weight excluding hydrogens is 236 g/mol. The zero-order valence-electron chi connectivity index (χ0n) is 9.70. The summed E-state index contributed by atoms with van der Waals surface area (Å²) in [4.78, 5) is 0. The summed E-state index contributed by atoms with van der Waals surface area (Å²) < 4.78 is 31.2. The second-order valence-corrected chi connectivity index (χ2v) is 3.91. The van der Waals surface area contributed by atoms with Gasteiger partial charge in [0.25, 0.3) is 0 Å². The van der Waals surface area contributed by atoms with Crippen LogP contribution in [0.25, 0.3) is 0 Å². The molecule has 94 valence electrons. The van der Waals surface area contributed by atoms with Crippen molar-refractivity contribution in [2.24, 2.45) is 0 Å². The minimum absolute atomic E-state index is 0.0619. The van der Waals surface area contributed by atoms with Gasteiger partial charge in [0.05, 0.1) is 6.61 Å². The predicted molar refractivity (Wildman–Crippen MR) is 66.4 cm³/mol. The van der Waals surface area contributed by atoms with Crippen LogP contribution in [0.1, 0.15) is 5.56 Å². The predicted octanol–water partition coefficient (Wildman–Crippen LogP) is 3.17. The van der Waals surface area contributed by atoms with Crippen molar-refractivity contribution >= 4 is 5.69 Å². The maximum absolute atomic E-state index is 13.2. The molecule has 0 atom stereocenters. The lowest BCUT2D eigenvalue weighted by Crippen LogP contribution is -2.03. The highest BCUT2D eigenvalue weighted by Crippen LogP contribution is 2.17. The molecule has 0 amide bonds. The van der Waals surface area contributed by atoms with Gasteiger partial charge in [0, 0.05) is 18.2 Å². The summed E-state index contributed by atoms with van der Waals surface area (Å²) >= 11 is 0. The van der Waals surface area contributed by atoms with Crippen molar-refractivity contribution in [2.45, 2.75) is 6.42 Å². The first kappa shape index (κ1) is 12.4. The van der Waals surface area contributed by atoms with Crippen molar-refractivity contribution in [1.82, 2.24) is 0 Å². The average Bonchev–Trinajstić information content (AvgIpc) is 2.34. The van der Waals surface area contributed by atoms with E-state index in [9.17, 15) is 8.78 Å². The van der Waals surface area contributed by atoms with Crippen LogP contribution in [0, 0.1) is 11.6 Å². The number of benzene rings is 2. The Labute approximate surface area is 104 Å². The second-order valence-electron chi connectivity index (χ2n) is 3.91. The van der Waals surface area contributed by atoms with Crippen LogP contribution in [0.4, 0.5) is 14.5 Å². The van der Waals surface area contributed by atoms with Crippen LogP contribution in [-0.4, -0.2) is 6.61 Å². The van der Waals surface area contributed by atoms with Gasteiger partial charge in [0.1, 0.15) is 5.82 Å². The highest BCUT2D eigenvalue weighted by atomic mass is 19.1. The maximum atomic E-state index is 13.2. The Morgan fingerprint density at radius 1 is 1.00 bits per heavy atom. The normalized spacial score (nSPS) is 10.3. The summed E-state index contributed by atoms with van der Waals surface area (Å²) in [7, 11) is 0. The average molecular weight is 249 g/mol. The third kappa shape index (κ3) is 3.20. The fourth-order valence-electron chi connectivity index (χ4n) is 1.56. The van der Waals surface area contributed by atoms with E-state index in [-0.39, 0.29) is 5.75 Å². The summed E-state index contributed by atoms with van der Waals surface area (Å²) in [6.45, 7) is 0.326. The quantitative estimate of drug-likeness (QED) is 0.845. The van der Waals surface area contributed by atoms with Crippen LogP contribution in [0.5, 0.6) is 5.75 Å². The van der Waals surface area contributed by atoms with E-state index in [2.05, 4.69) is 0 Å². The third-order valence-electron chi connectivity index (χ3n) is 2.52. The van der Waals surface area contributed by atoms with Crippen molar-refractivity contribution in [1.29, 1.82) is 0 Å². The Bertz CT molecular complexity index is 526. The lowest BCUT2D eigenvalue weighted by molar-refractivity contribution is 0.304. The molecule has 0 aliphatic heterocycles. The molecule has 2 aromatic carbocycles. The van der Waals surface area contributed by atoms with Gasteiger partial charge in [0.15, 0.2) is 11.6 Å². The van der Waals surface area contributed by atoms with E-state index in [0.29, 0.717) is 18.7 Å². The van der Waals surface area contributed by atoms with Gasteiger partial charge in [-0.1, -0.05) is 12.1 Å². The molecule has 2 rings (SSSR count). The molecule has 0 fully saturated rings. The van der Waals surface area contributed by atoms with Crippen LogP contribution in [-0.2, 0) is 6.42 Å². The second kappa shape index (κ2) is 5.49. The number of nitrogens with two attached hydrogens (primary N) is 1. The van der Waals surface area contributed by atoms with Gasteiger partial charge in [0.2, 0.25) is 0 Å². The van der Waals surface area contributed by atoms with Crippen LogP contribution in [0.15, 0.2) is 42.5 Å². The molecule has 0 unspecified atom stereocenters. The number of rotatable bonds is 4. The van der Waals surface area contributed by atoms with E-state index in [1.807, 2.05) is 12.1 Å². The Balaban J connectivity index is 1.90. The number of halogens is 2. The Hall–Kier alpha value is -2.10. The summed E-state index contributed by atoms with van der Waals surface area (Å²) in [5.74, 6) is -1.24. The molecule has 2 N–H and O–H groups in total. The number of ether oxygens (including phenoxy) is 1. The molecule has 4 heteroatoms. The maximum Gasteiger partial charge on any atom is 0.167 e. The molecule has 0 saturated heterocycles. The summed E-state index contributed by atoms with van der Waals surface area (Å²) in [5.41, 5.74) is 7.31. The van der Waals surface area contributed by atoms with Crippen molar-refractivity contribution in [3.05, 3.63) is 59.7 Å². The summed E-state index contributed by atoms with van der Waals surface area (Å²) in [5, 5.41) is 0. The van der Waals surface area contributed by atoms with Crippen molar-refractivity contribution in [2.75, 3.05) is 12.3 Å². The number of nitrogen functional groups attached to an aromatic ring is 1. The van der Waals surface area contributed by atoms with Crippen LogP contribution in [0.2, 0.25) is 0 Å². The number of hydrogen-bond donors (Lipinski definition) is 1. The molecule has 0 aromatic heterocycles. The van der Waals surface area contributed by atoms with Gasteiger partial charge in [-0.2, -0.15) is 0 Å². The van der Waals surface area contributed by atoms with Gasteiger partial charge in [-0.3, -0.25) is 0 Å². The zero-order chi connectivity index (χ0) is 13.0. The minimum Gasteiger partial charge on any atom is -0.490 e. The van der Waals surface area contributed by atoms with E-state index < -0.39 is 11.6 Å². The molecule has 0 aliphatic rings. The van der Waals surface area contributed by atoms with E-state index in [1.54, 1.807) is 12.1 Å². The first-order chi connectivity index (χ1) is 8.65. The van der Waals surface area contributed by atoms with E-state index >= 15 is 0 Å². The Morgan fingerprint density at radius 2 is 1.72 bits per heavy atom. The van der Waals surface area contributed by atoms with Gasteiger partial charge in [-0.25, -0.2) is 8.78 Å². The summed E-state index contributed by atoms with van der Waals surface area (Å²) in [6.07, 6.45) is 0.636. The van der Waals surface area contributed by atoms with E-state index in [4.69, 9.17) is 10.5 Å². The highest BCUT2D eigenvalue weighted by Gasteiger charge is 2.04. The van der Waals surface area contributed by atoms with E-state index in [1.165, 1.54) is 12.1 Å². The monoisotopic (exact) mass is 249 g/mol. The molecule has 0 saturated carbocycles. The fraction of sp³-hybridized carbons (Fsp3) is 0.143. The van der Waals surface area contributed by atoms with Crippen LogP contribution in [0.3, 0.4) is 0 Å². The van der Waals surface area contributed by atoms with Crippen molar-refractivity contribution in [3.63, 3.8) is 0 Å². The standard InChI is InChI=1S/C14H13F2NO/c15-11-3-6-14(13(16)9-11)18-8-7-10-1-4-12(17)5-2-10/h1-6,9H,7-8,17H2. The molecule has 0 spiro atoms. The van der Waals surface area contributed by atoms with Crippen molar-refractivity contribution in [3.8, 4) is 5.75 Å². The largest absolute Gasteiger partial charge is 0.490 e. The molecule has 2 nitrogen and oxygen atoms in total. The summed E-state index contributed by atoms with van der Waals surface area (Å²) in [6, 6.07) is 10.6. The van der Waals surface area contributed by atoms with Crippen LogP contribution >= 0.6 is 0 Å². The van der Waals surface area contributed by atoms with Crippen molar-refractivity contribution < 1.29 is 13.5 Å². The van der Waals surface area contributed by atoms with E-state index in [0.717, 1.165) is 11.6 Å². The highest BCUT2D eigenvalue weighted by molar-refractivity contribution is 5.39.